The van der Waals surface area contributed by atoms with E-state index in [0.29, 0.717) is 6.07 Å². The van der Waals surface area contributed by atoms with Crippen LogP contribution in [0.3, 0.4) is 0 Å². The van der Waals surface area contributed by atoms with Crippen LogP contribution in [0.25, 0.3) is 11.5 Å². The van der Waals surface area contributed by atoms with Crippen LogP contribution in [0.4, 0.5) is 22.4 Å². The SMILES string of the molecule is NC(=O)OCc1noc(-c2ccc(F)cc2C(F)(F)F)n1. The lowest BCUT2D eigenvalue weighted by Crippen LogP contribution is -2.13. The summed E-state index contributed by atoms with van der Waals surface area (Å²) in [5.41, 5.74) is 2.98. The van der Waals surface area contributed by atoms with Crippen LogP contribution in [0, 0.1) is 5.82 Å². The van der Waals surface area contributed by atoms with Crippen LogP contribution in [0.1, 0.15) is 11.4 Å². The second kappa shape index (κ2) is 5.38. The van der Waals surface area contributed by atoms with Gasteiger partial charge in [0.25, 0.3) is 5.89 Å². The van der Waals surface area contributed by atoms with Crippen molar-refractivity contribution in [2.75, 3.05) is 0 Å². The Morgan fingerprint density at radius 1 is 1.38 bits per heavy atom. The number of carbonyl (C=O) groups excluding carboxylic acids is 1. The van der Waals surface area contributed by atoms with Crippen molar-refractivity contribution in [1.82, 2.24) is 10.1 Å². The van der Waals surface area contributed by atoms with Crippen LogP contribution in [0.15, 0.2) is 22.7 Å². The van der Waals surface area contributed by atoms with Crippen LogP contribution >= 0.6 is 0 Å². The van der Waals surface area contributed by atoms with Crippen molar-refractivity contribution < 1.29 is 31.6 Å². The molecule has 0 atom stereocenters. The fourth-order valence-corrected chi connectivity index (χ4v) is 1.50. The molecule has 0 radical (unpaired) electrons. The highest BCUT2D eigenvalue weighted by molar-refractivity contribution is 5.64. The molecular weight excluding hydrogens is 298 g/mol. The lowest BCUT2D eigenvalue weighted by molar-refractivity contribution is -0.137. The molecule has 2 aromatic rings. The molecule has 10 heteroatoms. The fraction of sp³-hybridized carbons (Fsp3) is 0.182. The number of nitrogens with two attached hydrogens (primary N) is 1. The first kappa shape index (κ1) is 14.8. The van der Waals surface area contributed by atoms with Crippen molar-refractivity contribution in [2.24, 2.45) is 5.73 Å². The second-order valence-electron chi connectivity index (χ2n) is 3.81. The first-order valence-corrected chi connectivity index (χ1v) is 5.39. The number of primary amides is 1. The molecule has 1 aromatic heterocycles. The summed E-state index contributed by atoms with van der Waals surface area (Å²) in [4.78, 5) is 14.0. The van der Waals surface area contributed by atoms with E-state index >= 15 is 0 Å². The average molecular weight is 305 g/mol. The summed E-state index contributed by atoms with van der Waals surface area (Å²) in [6, 6.07) is 2.01. The summed E-state index contributed by atoms with van der Waals surface area (Å²) >= 11 is 0. The first-order chi connectivity index (χ1) is 9.77. The normalized spacial score (nSPS) is 11.4. The van der Waals surface area contributed by atoms with E-state index in [0.717, 1.165) is 12.1 Å². The Hall–Kier alpha value is -2.65. The minimum absolute atomic E-state index is 0.179. The van der Waals surface area contributed by atoms with Gasteiger partial charge in [-0.15, -0.1) is 0 Å². The zero-order chi connectivity index (χ0) is 15.6. The number of halogens is 4. The van der Waals surface area contributed by atoms with Crippen LogP contribution in [0.2, 0.25) is 0 Å². The van der Waals surface area contributed by atoms with E-state index < -0.39 is 41.7 Å². The van der Waals surface area contributed by atoms with E-state index in [1.165, 1.54) is 0 Å². The maximum Gasteiger partial charge on any atom is 0.417 e. The molecular formula is C11H7F4N3O3. The third-order valence-electron chi connectivity index (χ3n) is 2.33. The predicted octanol–water partition coefficient (Wildman–Crippen LogP) is 2.49. The molecule has 2 N–H and O–H groups in total. The first-order valence-electron chi connectivity index (χ1n) is 5.39. The fourth-order valence-electron chi connectivity index (χ4n) is 1.50. The van der Waals surface area contributed by atoms with Gasteiger partial charge in [0.15, 0.2) is 6.61 Å². The third kappa shape index (κ3) is 3.46. The monoisotopic (exact) mass is 305 g/mol. The van der Waals surface area contributed by atoms with Gasteiger partial charge in [-0.1, -0.05) is 5.16 Å². The van der Waals surface area contributed by atoms with Crippen molar-refractivity contribution in [3.05, 3.63) is 35.4 Å². The molecule has 21 heavy (non-hydrogen) atoms. The molecule has 0 aliphatic rings. The quantitative estimate of drug-likeness (QED) is 0.880. The standard InChI is InChI=1S/C11H7F4N3O3/c12-5-1-2-6(7(3-5)11(13,14)15)9-17-8(18-21-9)4-20-10(16)19/h1-3H,4H2,(H2,16,19). The number of carbonyl (C=O) groups is 1. The topological polar surface area (TPSA) is 91.2 Å². The number of hydrogen-bond acceptors (Lipinski definition) is 5. The highest BCUT2D eigenvalue weighted by Crippen LogP contribution is 2.36. The van der Waals surface area contributed by atoms with Crippen LogP contribution in [-0.2, 0) is 17.5 Å². The number of aromatic nitrogens is 2. The van der Waals surface area contributed by atoms with Gasteiger partial charge in [0.2, 0.25) is 5.82 Å². The highest BCUT2D eigenvalue weighted by Gasteiger charge is 2.35. The van der Waals surface area contributed by atoms with Crippen LogP contribution in [0.5, 0.6) is 0 Å². The lowest BCUT2D eigenvalue weighted by Gasteiger charge is -2.09. The van der Waals surface area contributed by atoms with Crippen molar-refractivity contribution >= 4 is 6.09 Å². The molecule has 0 saturated carbocycles. The zero-order valence-electron chi connectivity index (χ0n) is 10.1. The molecule has 0 spiro atoms. The Kier molecular flexibility index (Phi) is 3.78. The van der Waals surface area contributed by atoms with Gasteiger partial charge in [0, 0.05) is 0 Å². The highest BCUT2D eigenvalue weighted by atomic mass is 19.4. The minimum atomic E-state index is -4.80. The van der Waals surface area contributed by atoms with Gasteiger partial charge in [-0.25, -0.2) is 9.18 Å². The number of alkyl halides is 3. The Balaban J connectivity index is 2.36. The van der Waals surface area contributed by atoms with E-state index in [4.69, 9.17) is 5.73 Å². The minimum Gasteiger partial charge on any atom is -0.441 e. The van der Waals surface area contributed by atoms with Gasteiger partial charge in [-0.2, -0.15) is 18.2 Å². The maximum absolute atomic E-state index is 13.0. The summed E-state index contributed by atoms with van der Waals surface area (Å²) in [7, 11) is 0. The molecule has 0 unspecified atom stereocenters. The van der Waals surface area contributed by atoms with Crippen molar-refractivity contribution in [3.63, 3.8) is 0 Å². The summed E-state index contributed by atoms with van der Waals surface area (Å²) in [5, 5.41) is 3.33. The number of nitrogens with zero attached hydrogens (tertiary/aromatic N) is 2. The van der Waals surface area contributed by atoms with Crippen molar-refractivity contribution in [2.45, 2.75) is 12.8 Å². The van der Waals surface area contributed by atoms with Crippen LogP contribution in [-0.4, -0.2) is 16.2 Å². The number of benzene rings is 1. The van der Waals surface area contributed by atoms with Gasteiger partial charge in [0.05, 0.1) is 11.1 Å². The van der Waals surface area contributed by atoms with E-state index in [-0.39, 0.29) is 5.82 Å². The average Bonchev–Trinajstić information content (AvgIpc) is 2.84. The molecule has 112 valence electrons. The maximum atomic E-state index is 13.0. The largest absolute Gasteiger partial charge is 0.441 e. The number of ether oxygens (including phenoxy) is 1. The molecule has 0 bridgehead atoms. The smallest absolute Gasteiger partial charge is 0.417 e. The van der Waals surface area contributed by atoms with Crippen molar-refractivity contribution in [3.8, 4) is 11.5 Å². The molecule has 1 heterocycles. The summed E-state index contributed by atoms with van der Waals surface area (Å²) in [6.45, 7) is -0.457. The molecule has 6 nitrogen and oxygen atoms in total. The van der Waals surface area contributed by atoms with Gasteiger partial charge in [-0.3, -0.25) is 0 Å². The lowest BCUT2D eigenvalue weighted by atomic mass is 10.1. The summed E-state index contributed by atoms with van der Waals surface area (Å²) < 4.78 is 60.5. The van der Waals surface area contributed by atoms with E-state index in [1.807, 2.05) is 0 Å². The second-order valence-corrected chi connectivity index (χ2v) is 3.81. The van der Waals surface area contributed by atoms with Crippen LogP contribution < -0.4 is 5.73 Å². The Morgan fingerprint density at radius 3 is 2.71 bits per heavy atom. The molecule has 0 aliphatic carbocycles. The number of hydrogen-bond donors (Lipinski definition) is 1. The Morgan fingerprint density at radius 2 is 2.10 bits per heavy atom. The summed E-state index contributed by atoms with van der Waals surface area (Å²) in [5.74, 6) is -1.71. The zero-order valence-corrected chi connectivity index (χ0v) is 10.1. The molecule has 0 aliphatic heterocycles. The van der Waals surface area contributed by atoms with Gasteiger partial charge in [-0.05, 0) is 18.2 Å². The Labute approximate surface area is 114 Å². The van der Waals surface area contributed by atoms with Gasteiger partial charge in [0.1, 0.15) is 5.82 Å². The van der Waals surface area contributed by atoms with E-state index in [9.17, 15) is 22.4 Å². The molecule has 1 aromatic carbocycles. The molecule has 0 fully saturated rings. The predicted molar refractivity (Wildman–Crippen MR) is 59.1 cm³/mol. The van der Waals surface area contributed by atoms with E-state index in [2.05, 4.69) is 19.4 Å². The molecule has 2 rings (SSSR count). The number of rotatable bonds is 3. The Bertz CT molecular complexity index is 669. The van der Waals surface area contributed by atoms with Gasteiger partial charge < -0.3 is 15.0 Å². The van der Waals surface area contributed by atoms with Gasteiger partial charge >= 0.3 is 12.3 Å². The summed E-state index contributed by atoms with van der Waals surface area (Å²) in [6.07, 6.45) is -5.89. The third-order valence-corrected chi connectivity index (χ3v) is 2.33. The number of amides is 1. The van der Waals surface area contributed by atoms with Crippen molar-refractivity contribution in [1.29, 1.82) is 0 Å². The molecule has 1 amide bonds. The molecule has 0 saturated heterocycles. The van der Waals surface area contributed by atoms with E-state index in [1.54, 1.807) is 0 Å².